The Hall–Kier alpha value is -1.77. The van der Waals surface area contributed by atoms with Crippen LogP contribution in [0.1, 0.15) is 76.3 Å². The van der Waals surface area contributed by atoms with Crippen molar-refractivity contribution < 1.29 is 14.6 Å². The van der Waals surface area contributed by atoms with Gasteiger partial charge in [0.1, 0.15) is 11.9 Å². The van der Waals surface area contributed by atoms with E-state index in [0.717, 1.165) is 51.4 Å². The number of allylic oxidation sites excluding steroid dienone is 1. The molecule has 1 N–H and O–H groups in total. The summed E-state index contributed by atoms with van der Waals surface area (Å²) in [6.07, 6.45) is 11.1. The number of unbranched alkanes of at least 4 members (excludes halogenated alkanes) is 1. The van der Waals surface area contributed by atoms with E-state index in [-0.39, 0.29) is 22.9 Å². The second kappa shape index (κ2) is 7.24. The van der Waals surface area contributed by atoms with Crippen molar-refractivity contribution >= 4 is 5.97 Å². The van der Waals surface area contributed by atoms with Crippen LogP contribution in [0.4, 0.5) is 0 Å². The van der Waals surface area contributed by atoms with E-state index < -0.39 is 0 Å². The highest BCUT2D eigenvalue weighted by Crippen LogP contribution is 2.64. The summed E-state index contributed by atoms with van der Waals surface area (Å²) < 4.78 is 5.90. The van der Waals surface area contributed by atoms with Gasteiger partial charge in [0.05, 0.1) is 0 Å². The summed E-state index contributed by atoms with van der Waals surface area (Å²) in [5, 5.41) is 9.94. The molecule has 1 aromatic carbocycles. The Kier molecular flexibility index (Phi) is 5.05. The molecule has 2 saturated carbocycles. The van der Waals surface area contributed by atoms with E-state index in [9.17, 15) is 9.90 Å². The van der Waals surface area contributed by atoms with E-state index >= 15 is 0 Å². The Morgan fingerprint density at radius 1 is 1.36 bits per heavy atom. The first-order valence-corrected chi connectivity index (χ1v) is 11.1. The van der Waals surface area contributed by atoms with Crippen molar-refractivity contribution in [1.82, 2.24) is 0 Å². The first kappa shape index (κ1) is 19.5. The molecule has 1 aromatic rings. The van der Waals surface area contributed by atoms with Crippen LogP contribution in [-0.4, -0.2) is 17.2 Å². The summed E-state index contributed by atoms with van der Waals surface area (Å²) in [4.78, 5) is 12.2. The van der Waals surface area contributed by atoms with Gasteiger partial charge in [-0.3, -0.25) is 4.79 Å². The van der Waals surface area contributed by atoms with E-state index in [2.05, 4.69) is 32.6 Å². The SMILES string of the molecule is C=CC12CC[C@]3(C)CC(OC(=O)CCCC)C[C@H]3[C@@H]1CCc1cc(O)ccc12. The van der Waals surface area contributed by atoms with Crippen molar-refractivity contribution in [3.8, 4) is 5.75 Å². The summed E-state index contributed by atoms with van der Waals surface area (Å²) in [6, 6.07) is 5.89. The quantitative estimate of drug-likeness (QED) is 0.525. The third-order valence-corrected chi connectivity index (χ3v) is 8.07. The van der Waals surface area contributed by atoms with Crippen LogP contribution in [0, 0.1) is 17.3 Å². The van der Waals surface area contributed by atoms with Crippen LogP contribution in [0.5, 0.6) is 5.75 Å². The summed E-state index contributed by atoms with van der Waals surface area (Å²) in [5.41, 5.74) is 2.88. The third kappa shape index (κ3) is 3.07. The Bertz CT molecular complexity index is 769. The molecule has 28 heavy (non-hydrogen) atoms. The molecule has 0 spiro atoms. The number of fused-ring (bicyclic) bond motifs is 5. The van der Waals surface area contributed by atoms with Crippen molar-refractivity contribution in [2.75, 3.05) is 0 Å². The van der Waals surface area contributed by atoms with E-state index in [1.807, 2.05) is 12.1 Å². The molecular formula is C25H34O3. The molecule has 0 amide bonds. The predicted molar refractivity (Wildman–Crippen MR) is 111 cm³/mol. The normalized spacial score (nSPS) is 36.1. The molecule has 0 aromatic heterocycles. The van der Waals surface area contributed by atoms with Crippen LogP contribution >= 0.6 is 0 Å². The number of carbonyl (C=O) groups excluding carboxylic acids is 1. The zero-order chi connectivity index (χ0) is 19.9. The molecule has 2 unspecified atom stereocenters. The van der Waals surface area contributed by atoms with Crippen LogP contribution in [-0.2, 0) is 21.4 Å². The summed E-state index contributed by atoms with van der Waals surface area (Å²) in [6.45, 7) is 8.79. The lowest BCUT2D eigenvalue weighted by Gasteiger charge is -2.55. The highest BCUT2D eigenvalue weighted by molar-refractivity contribution is 5.69. The van der Waals surface area contributed by atoms with Gasteiger partial charge >= 0.3 is 5.97 Å². The summed E-state index contributed by atoms with van der Waals surface area (Å²) >= 11 is 0. The first-order chi connectivity index (χ1) is 13.4. The number of carbonyl (C=O) groups is 1. The number of ether oxygens (including phenoxy) is 1. The van der Waals surface area contributed by atoms with Crippen molar-refractivity contribution in [1.29, 1.82) is 0 Å². The van der Waals surface area contributed by atoms with Gasteiger partial charge in [-0.1, -0.05) is 32.4 Å². The standard InChI is InChI=1S/C25H34O3/c1-4-6-7-23(27)28-19-15-22-21-10-8-17-14-18(26)9-11-20(17)25(21,5-2)13-12-24(22,3)16-19/h5,9,11,14,19,21-22,26H,2,4,6-8,10,12-13,15-16H2,1,3H3/t19?,21-,22-,24+,25?/m0/s1. The number of phenols is 1. The number of phenolic OH excluding ortho intramolecular Hbond substituents is 1. The number of aryl methyl sites for hydroxylation is 1. The van der Waals surface area contributed by atoms with Gasteiger partial charge in [-0.05, 0) is 85.5 Å². The molecular weight excluding hydrogens is 348 g/mol. The van der Waals surface area contributed by atoms with Crippen molar-refractivity contribution in [2.45, 2.75) is 83.2 Å². The summed E-state index contributed by atoms with van der Waals surface area (Å²) in [5.74, 6) is 1.44. The van der Waals surface area contributed by atoms with E-state index in [1.165, 1.54) is 11.1 Å². The monoisotopic (exact) mass is 382 g/mol. The molecule has 3 aliphatic rings. The van der Waals surface area contributed by atoms with Gasteiger partial charge in [0.2, 0.25) is 0 Å². The lowest BCUT2D eigenvalue weighted by atomic mass is 9.49. The van der Waals surface area contributed by atoms with Gasteiger partial charge in [0.25, 0.3) is 0 Å². The number of hydrogen-bond acceptors (Lipinski definition) is 3. The van der Waals surface area contributed by atoms with E-state index in [4.69, 9.17) is 4.74 Å². The Balaban J connectivity index is 1.59. The largest absolute Gasteiger partial charge is 0.508 e. The smallest absolute Gasteiger partial charge is 0.306 e. The van der Waals surface area contributed by atoms with Crippen LogP contribution in [0.25, 0.3) is 0 Å². The van der Waals surface area contributed by atoms with Gasteiger partial charge in [0, 0.05) is 11.8 Å². The average Bonchev–Trinajstić information content (AvgIpc) is 3.01. The molecule has 152 valence electrons. The number of rotatable bonds is 5. The highest BCUT2D eigenvalue weighted by Gasteiger charge is 2.58. The van der Waals surface area contributed by atoms with Crippen LogP contribution in [0.3, 0.4) is 0 Å². The molecule has 3 aliphatic carbocycles. The maximum atomic E-state index is 12.2. The Morgan fingerprint density at radius 3 is 2.93 bits per heavy atom. The molecule has 2 fully saturated rings. The molecule has 3 nitrogen and oxygen atoms in total. The van der Waals surface area contributed by atoms with Crippen molar-refractivity contribution in [3.05, 3.63) is 42.0 Å². The molecule has 0 bridgehead atoms. The van der Waals surface area contributed by atoms with Crippen molar-refractivity contribution in [3.63, 3.8) is 0 Å². The van der Waals surface area contributed by atoms with Crippen molar-refractivity contribution in [2.24, 2.45) is 17.3 Å². The van der Waals surface area contributed by atoms with Crippen LogP contribution in [0.15, 0.2) is 30.9 Å². The molecule has 5 atom stereocenters. The van der Waals surface area contributed by atoms with Gasteiger partial charge in [-0.15, -0.1) is 6.58 Å². The molecule has 3 heteroatoms. The van der Waals surface area contributed by atoms with E-state index in [0.29, 0.717) is 24.0 Å². The minimum atomic E-state index is -0.0199. The lowest BCUT2D eigenvalue weighted by molar-refractivity contribution is -0.149. The highest BCUT2D eigenvalue weighted by atomic mass is 16.5. The molecule has 0 heterocycles. The minimum absolute atomic E-state index is 0.00737. The molecule has 0 radical (unpaired) electrons. The maximum Gasteiger partial charge on any atom is 0.306 e. The fourth-order valence-electron chi connectivity index (χ4n) is 6.66. The number of hydrogen-bond donors (Lipinski definition) is 1. The number of benzene rings is 1. The Labute approximate surface area is 169 Å². The Morgan fingerprint density at radius 2 is 2.18 bits per heavy atom. The van der Waals surface area contributed by atoms with E-state index in [1.54, 1.807) is 0 Å². The number of esters is 1. The van der Waals surface area contributed by atoms with Crippen LogP contribution < -0.4 is 0 Å². The van der Waals surface area contributed by atoms with Gasteiger partial charge in [-0.2, -0.15) is 0 Å². The second-order valence-electron chi connectivity index (χ2n) is 9.65. The number of aromatic hydroxyl groups is 1. The summed E-state index contributed by atoms with van der Waals surface area (Å²) in [7, 11) is 0. The van der Waals surface area contributed by atoms with Gasteiger partial charge in [-0.25, -0.2) is 0 Å². The zero-order valence-electron chi connectivity index (χ0n) is 17.4. The second-order valence-corrected chi connectivity index (χ2v) is 9.65. The molecule has 4 rings (SSSR count). The van der Waals surface area contributed by atoms with Gasteiger partial charge < -0.3 is 9.84 Å². The minimum Gasteiger partial charge on any atom is -0.508 e. The first-order valence-electron chi connectivity index (χ1n) is 11.1. The molecule has 0 saturated heterocycles. The van der Waals surface area contributed by atoms with Crippen LogP contribution in [0.2, 0.25) is 0 Å². The maximum absolute atomic E-state index is 12.2. The predicted octanol–water partition coefficient (Wildman–Crippen LogP) is 5.69. The average molecular weight is 383 g/mol. The topological polar surface area (TPSA) is 46.5 Å². The zero-order valence-corrected chi connectivity index (χ0v) is 17.4. The fourth-order valence-corrected chi connectivity index (χ4v) is 6.66. The lowest BCUT2D eigenvalue weighted by Crippen LogP contribution is -2.49. The molecule has 0 aliphatic heterocycles. The van der Waals surface area contributed by atoms with Gasteiger partial charge in [0.15, 0.2) is 0 Å². The fraction of sp³-hybridized carbons (Fsp3) is 0.640. The third-order valence-electron chi connectivity index (χ3n) is 8.07.